The van der Waals surface area contributed by atoms with Crippen LogP contribution in [0.15, 0.2) is 23.5 Å². The summed E-state index contributed by atoms with van der Waals surface area (Å²) in [4.78, 5) is 4.00. The first-order chi connectivity index (χ1) is 7.39. The zero-order chi connectivity index (χ0) is 11.9. The van der Waals surface area contributed by atoms with Crippen molar-refractivity contribution >= 4 is 25.4 Å². The molecule has 0 amide bonds. The van der Waals surface area contributed by atoms with Crippen LogP contribution in [0.3, 0.4) is 0 Å². The third-order valence-corrected chi connectivity index (χ3v) is 3.59. The summed E-state index contributed by atoms with van der Waals surface area (Å²) in [7, 11) is 1.47. The molecule has 0 N–H and O–H groups in total. The van der Waals surface area contributed by atoms with Crippen LogP contribution in [0.2, 0.25) is 0 Å². The SMILES string of the molecule is CC(C)c1cnc2c(S(=O)(=O)Cl)cnn2c1. The van der Waals surface area contributed by atoms with Crippen molar-refractivity contribution in [3.05, 3.63) is 24.2 Å². The average Bonchev–Trinajstić information content (AvgIpc) is 2.58. The number of nitrogens with zero attached hydrogens (tertiary/aromatic N) is 3. The highest BCUT2D eigenvalue weighted by Gasteiger charge is 2.18. The van der Waals surface area contributed by atoms with Gasteiger partial charge in [0.2, 0.25) is 0 Å². The van der Waals surface area contributed by atoms with Crippen LogP contribution in [0.25, 0.3) is 5.65 Å². The van der Waals surface area contributed by atoms with Crippen molar-refractivity contribution in [3.63, 3.8) is 0 Å². The van der Waals surface area contributed by atoms with E-state index < -0.39 is 9.05 Å². The van der Waals surface area contributed by atoms with Crippen LogP contribution in [0, 0.1) is 0 Å². The molecule has 86 valence electrons. The van der Waals surface area contributed by atoms with Gasteiger partial charge in [0, 0.05) is 23.1 Å². The Morgan fingerprint density at radius 1 is 1.38 bits per heavy atom. The summed E-state index contributed by atoms with van der Waals surface area (Å²) in [5, 5.41) is 3.92. The summed E-state index contributed by atoms with van der Waals surface area (Å²) < 4.78 is 23.8. The molecule has 0 aromatic carbocycles. The lowest BCUT2D eigenvalue weighted by Crippen LogP contribution is -1.98. The Balaban J connectivity index is 2.69. The van der Waals surface area contributed by atoms with E-state index in [4.69, 9.17) is 10.7 Å². The molecular formula is C9H10ClN3O2S. The van der Waals surface area contributed by atoms with Gasteiger partial charge in [0.05, 0.1) is 6.20 Å². The quantitative estimate of drug-likeness (QED) is 0.771. The smallest absolute Gasteiger partial charge is 0.236 e. The number of aromatic nitrogens is 3. The molecule has 2 rings (SSSR count). The summed E-state index contributed by atoms with van der Waals surface area (Å²) in [6.07, 6.45) is 4.58. The standard InChI is InChI=1S/C9H10ClN3O2S/c1-6(2)7-3-11-9-8(16(10,14)15)4-12-13(9)5-7/h3-6H,1-2H3. The molecule has 2 aromatic rings. The molecule has 0 saturated carbocycles. The number of halogens is 1. The lowest BCUT2D eigenvalue weighted by atomic mass is 10.1. The predicted octanol–water partition coefficient (Wildman–Crippen LogP) is 1.78. The lowest BCUT2D eigenvalue weighted by Gasteiger charge is -2.04. The molecule has 0 atom stereocenters. The van der Waals surface area contributed by atoms with Crippen molar-refractivity contribution in [2.24, 2.45) is 0 Å². The third-order valence-electron chi connectivity index (χ3n) is 2.27. The van der Waals surface area contributed by atoms with Gasteiger partial charge in [0.1, 0.15) is 4.90 Å². The second-order valence-electron chi connectivity index (χ2n) is 3.76. The summed E-state index contributed by atoms with van der Waals surface area (Å²) in [5.41, 5.74) is 1.23. The highest BCUT2D eigenvalue weighted by atomic mass is 35.7. The first-order valence-corrected chi connectivity index (χ1v) is 6.98. The molecule has 0 aliphatic heterocycles. The lowest BCUT2D eigenvalue weighted by molar-refractivity contribution is 0.610. The first-order valence-electron chi connectivity index (χ1n) is 4.67. The average molecular weight is 260 g/mol. The van der Waals surface area contributed by atoms with Crippen LogP contribution < -0.4 is 0 Å². The molecule has 0 aliphatic rings. The van der Waals surface area contributed by atoms with E-state index in [-0.39, 0.29) is 10.5 Å². The maximum Gasteiger partial charge on any atom is 0.266 e. The van der Waals surface area contributed by atoms with Crippen LogP contribution in [-0.4, -0.2) is 23.0 Å². The van der Waals surface area contributed by atoms with Gasteiger partial charge in [0.25, 0.3) is 9.05 Å². The Morgan fingerprint density at radius 3 is 2.62 bits per heavy atom. The Bertz CT molecular complexity index is 633. The zero-order valence-electron chi connectivity index (χ0n) is 8.75. The van der Waals surface area contributed by atoms with Gasteiger partial charge in [0.15, 0.2) is 5.65 Å². The molecule has 0 fully saturated rings. The topological polar surface area (TPSA) is 64.3 Å². The molecule has 0 radical (unpaired) electrons. The molecule has 5 nitrogen and oxygen atoms in total. The van der Waals surface area contributed by atoms with Crippen LogP contribution >= 0.6 is 10.7 Å². The van der Waals surface area contributed by atoms with Gasteiger partial charge >= 0.3 is 0 Å². The van der Waals surface area contributed by atoms with E-state index >= 15 is 0 Å². The van der Waals surface area contributed by atoms with Crippen LogP contribution in [0.5, 0.6) is 0 Å². The van der Waals surface area contributed by atoms with E-state index in [9.17, 15) is 8.42 Å². The minimum atomic E-state index is -3.79. The molecule has 2 aromatic heterocycles. The van der Waals surface area contributed by atoms with E-state index in [2.05, 4.69) is 10.1 Å². The molecule has 0 aliphatic carbocycles. The molecule has 0 bridgehead atoms. The van der Waals surface area contributed by atoms with Gasteiger partial charge in [-0.15, -0.1) is 0 Å². The minimum Gasteiger partial charge on any atom is -0.236 e. The summed E-state index contributed by atoms with van der Waals surface area (Å²) in [5.74, 6) is 0.303. The van der Waals surface area contributed by atoms with E-state index in [1.807, 2.05) is 13.8 Å². The van der Waals surface area contributed by atoms with Gasteiger partial charge in [-0.2, -0.15) is 5.10 Å². The second-order valence-corrected chi connectivity index (χ2v) is 6.29. The number of hydrogen-bond donors (Lipinski definition) is 0. The van der Waals surface area contributed by atoms with Crippen molar-refractivity contribution in [1.82, 2.24) is 14.6 Å². The third kappa shape index (κ3) is 1.90. The van der Waals surface area contributed by atoms with Crippen molar-refractivity contribution in [2.45, 2.75) is 24.7 Å². The number of rotatable bonds is 2. The van der Waals surface area contributed by atoms with E-state index in [0.717, 1.165) is 5.56 Å². The highest BCUT2D eigenvalue weighted by Crippen LogP contribution is 2.20. The van der Waals surface area contributed by atoms with Gasteiger partial charge in [-0.25, -0.2) is 17.9 Å². The molecule has 7 heteroatoms. The fraction of sp³-hybridized carbons (Fsp3) is 0.333. The van der Waals surface area contributed by atoms with E-state index in [1.165, 1.54) is 10.7 Å². The largest absolute Gasteiger partial charge is 0.266 e. The van der Waals surface area contributed by atoms with E-state index in [0.29, 0.717) is 5.92 Å². The van der Waals surface area contributed by atoms with Crippen LogP contribution in [-0.2, 0) is 9.05 Å². The summed E-state index contributed by atoms with van der Waals surface area (Å²) in [6, 6.07) is 0. The number of fused-ring (bicyclic) bond motifs is 1. The highest BCUT2D eigenvalue weighted by molar-refractivity contribution is 8.13. The monoisotopic (exact) mass is 259 g/mol. The van der Waals surface area contributed by atoms with Gasteiger partial charge in [-0.1, -0.05) is 13.8 Å². The first kappa shape index (κ1) is 11.3. The van der Waals surface area contributed by atoms with Crippen molar-refractivity contribution in [2.75, 3.05) is 0 Å². The predicted molar refractivity (Wildman–Crippen MR) is 60.1 cm³/mol. The van der Waals surface area contributed by atoms with Crippen LogP contribution in [0.1, 0.15) is 25.3 Å². The summed E-state index contributed by atoms with van der Waals surface area (Å²) in [6.45, 7) is 4.04. The maximum atomic E-state index is 11.2. The van der Waals surface area contributed by atoms with Crippen LogP contribution in [0.4, 0.5) is 0 Å². The Morgan fingerprint density at radius 2 is 2.06 bits per heavy atom. The molecule has 2 heterocycles. The fourth-order valence-corrected chi connectivity index (χ4v) is 2.20. The van der Waals surface area contributed by atoms with Gasteiger partial charge in [-0.05, 0) is 11.5 Å². The van der Waals surface area contributed by atoms with Crippen molar-refractivity contribution < 1.29 is 8.42 Å². The fourth-order valence-electron chi connectivity index (χ4n) is 1.34. The molecule has 0 saturated heterocycles. The van der Waals surface area contributed by atoms with Gasteiger partial charge < -0.3 is 0 Å². The van der Waals surface area contributed by atoms with Gasteiger partial charge in [-0.3, -0.25) is 0 Å². The minimum absolute atomic E-state index is 0.0653. The maximum absolute atomic E-state index is 11.2. The second kappa shape index (κ2) is 3.71. The normalized spacial score (nSPS) is 12.5. The molecule has 16 heavy (non-hydrogen) atoms. The Labute approximate surface area is 97.5 Å². The summed E-state index contributed by atoms with van der Waals surface area (Å²) >= 11 is 0. The Hall–Kier alpha value is -1.14. The molecular weight excluding hydrogens is 250 g/mol. The molecule has 0 unspecified atom stereocenters. The van der Waals surface area contributed by atoms with Crippen molar-refractivity contribution in [3.8, 4) is 0 Å². The number of hydrogen-bond acceptors (Lipinski definition) is 4. The molecule has 0 spiro atoms. The Kier molecular flexibility index (Phi) is 2.63. The zero-order valence-corrected chi connectivity index (χ0v) is 10.3. The van der Waals surface area contributed by atoms with E-state index in [1.54, 1.807) is 12.4 Å². The van der Waals surface area contributed by atoms with Crippen molar-refractivity contribution in [1.29, 1.82) is 0 Å².